The summed E-state index contributed by atoms with van der Waals surface area (Å²) in [7, 11) is -3.86. The molecule has 2 atom stereocenters. The Bertz CT molecular complexity index is 1180. The molecule has 1 aliphatic rings. The van der Waals surface area contributed by atoms with Crippen molar-refractivity contribution in [2.75, 3.05) is 0 Å². The van der Waals surface area contributed by atoms with E-state index in [2.05, 4.69) is 19.1 Å². The van der Waals surface area contributed by atoms with Gasteiger partial charge in [0.2, 0.25) is 0 Å². The first-order valence-corrected chi connectivity index (χ1v) is 11.3. The van der Waals surface area contributed by atoms with Crippen LogP contribution in [0.1, 0.15) is 48.1 Å². The lowest BCUT2D eigenvalue weighted by atomic mass is 9.92. The zero-order valence-electron chi connectivity index (χ0n) is 17.2. The second-order valence-corrected chi connectivity index (χ2v) is 9.09. The van der Waals surface area contributed by atoms with Gasteiger partial charge in [0, 0.05) is 11.5 Å². The first-order valence-electron chi connectivity index (χ1n) is 9.92. The number of allylic oxidation sites excluding steroid dienone is 1. The summed E-state index contributed by atoms with van der Waals surface area (Å²) in [4.78, 5) is 0.136. The second kappa shape index (κ2) is 8.00. The molecule has 5 heteroatoms. The average molecular weight is 421 g/mol. The predicted molar refractivity (Wildman–Crippen MR) is 118 cm³/mol. The van der Waals surface area contributed by atoms with Gasteiger partial charge < -0.3 is 8.92 Å². The lowest BCUT2D eigenvalue weighted by Crippen LogP contribution is -2.10. The van der Waals surface area contributed by atoms with E-state index in [1.807, 2.05) is 44.2 Å². The number of hydrogen-bond acceptors (Lipinski definition) is 4. The monoisotopic (exact) mass is 420 g/mol. The van der Waals surface area contributed by atoms with E-state index in [1.54, 1.807) is 36.4 Å². The molecule has 1 heterocycles. The SMILES string of the molecule is C/C=C/c1ccc2c(c1)[C@@H](C)[C@H](c1ccc(OS(=O)(=O)c3ccc(C)cc3)cc1)O2. The third kappa shape index (κ3) is 3.98. The number of ether oxygens (including phenoxy) is 1. The number of aryl methyl sites for hydroxylation is 1. The van der Waals surface area contributed by atoms with Crippen LogP contribution in [-0.4, -0.2) is 8.42 Å². The highest BCUT2D eigenvalue weighted by molar-refractivity contribution is 7.87. The van der Waals surface area contributed by atoms with Crippen molar-refractivity contribution >= 4 is 16.2 Å². The Kier molecular flexibility index (Phi) is 5.39. The van der Waals surface area contributed by atoms with Crippen LogP contribution in [0.5, 0.6) is 11.5 Å². The summed E-state index contributed by atoms with van der Waals surface area (Å²) >= 11 is 0. The number of benzene rings is 3. The third-order valence-corrected chi connectivity index (χ3v) is 6.58. The average Bonchev–Trinajstić information content (AvgIpc) is 3.05. The highest BCUT2D eigenvalue weighted by Gasteiger charge is 2.32. The summed E-state index contributed by atoms with van der Waals surface area (Å²) in [6, 6.07) is 19.9. The molecule has 0 N–H and O–H groups in total. The minimum atomic E-state index is -3.86. The van der Waals surface area contributed by atoms with E-state index in [9.17, 15) is 8.42 Å². The van der Waals surface area contributed by atoms with Crippen molar-refractivity contribution in [3.8, 4) is 11.5 Å². The van der Waals surface area contributed by atoms with Crippen LogP contribution in [0.25, 0.3) is 6.08 Å². The number of hydrogen-bond donors (Lipinski definition) is 0. The van der Waals surface area contributed by atoms with Crippen molar-refractivity contribution in [2.45, 2.75) is 37.7 Å². The van der Waals surface area contributed by atoms with Crippen molar-refractivity contribution in [3.63, 3.8) is 0 Å². The van der Waals surface area contributed by atoms with Gasteiger partial charge in [-0.2, -0.15) is 8.42 Å². The molecule has 0 spiro atoms. The van der Waals surface area contributed by atoms with Crippen LogP contribution in [0.3, 0.4) is 0 Å². The molecule has 4 rings (SSSR count). The van der Waals surface area contributed by atoms with E-state index >= 15 is 0 Å². The topological polar surface area (TPSA) is 52.6 Å². The Balaban J connectivity index is 1.52. The van der Waals surface area contributed by atoms with Gasteiger partial charge in [-0.25, -0.2) is 0 Å². The first kappa shape index (κ1) is 20.2. The van der Waals surface area contributed by atoms with Gasteiger partial charge in [0.15, 0.2) is 0 Å². The standard InChI is InChI=1S/C25H24O4S/c1-4-5-19-8-15-24-23(16-19)18(3)25(28-24)20-9-11-21(12-10-20)29-30(26,27)22-13-6-17(2)7-14-22/h4-16,18,25H,1-3H3/b5-4+/t18-,25-/m1/s1. The third-order valence-electron chi connectivity index (χ3n) is 5.32. The Morgan fingerprint density at radius 1 is 0.967 bits per heavy atom. The Labute approximate surface area is 177 Å². The smallest absolute Gasteiger partial charge is 0.339 e. The van der Waals surface area contributed by atoms with Crippen LogP contribution in [-0.2, 0) is 10.1 Å². The van der Waals surface area contributed by atoms with Gasteiger partial charge in [-0.3, -0.25) is 0 Å². The van der Waals surface area contributed by atoms with Gasteiger partial charge in [0.05, 0.1) is 0 Å². The quantitative estimate of drug-likeness (QED) is 0.473. The summed E-state index contributed by atoms with van der Waals surface area (Å²) in [5.74, 6) is 1.36. The molecule has 0 aliphatic carbocycles. The molecule has 0 saturated heterocycles. The van der Waals surface area contributed by atoms with Crippen LogP contribution in [0.15, 0.2) is 77.7 Å². The molecular formula is C25H24O4S. The fraction of sp³-hybridized carbons (Fsp3) is 0.200. The predicted octanol–water partition coefficient (Wildman–Crippen LogP) is 6.03. The molecule has 1 aliphatic heterocycles. The number of rotatable bonds is 5. The van der Waals surface area contributed by atoms with E-state index in [-0.39, 0.29) is 22.7 Å². The highest BCUT2D eigenvalue weighted by atomic mass is 32.2. The van der Waals surface area contributed by atoms with E-state index in [1.165, 1.54) is 5.56 Å². The first-order chi connectivity index (χ1) is 14.4. The van der Waals surface area contributed by atoms with Gasteiger partial charge in [0.1, 0.15) is 22.5 Å². The molecule has 0 fully saturated rings. The fourth-order valence-corrected chi connectivity index (χ4v) is 4.61. The molecule has 3 aromatic carbocycles. The van der Waals surface area contributed by atoms with Gasteiger partial charge in [-0.05, 0) is 61.4 Å². The van der Waals surface area contributed by atoms with E-state index in [4.69, 9.17) is 8.92 Å². The lowest BCUT2D eigenvalue weighted by Gasteiger charge is -2.16. The molecule has 0 saturated carbocycles. The zero-order valence-corrected chi connectivity index (χ0v) is 18.0. The normalized spacial score (nSPS) is 18.2. The van der Waals surface area contributed by atoms with Crippen LogP contribution < -0.4 is 8.92 Å². The largest absolute Gasteiger partial charge is 0.485 e. The zero-order chi connectivity index (χ0) is 21.3. The van der Waals surface area contributed by atoms with Crippen molar-refractivity contribution < 1.29 is 17.3 Å². The minimum Gasteiger partial charge on any atom is -0.485 e. The van der Waals surface area contributed by atoms with Gasteiger partial charge in [-0.1, -0.05) is 55.0 Å². The second-order valence-electron chi connectivity index (χ2n) is 7.54. The highest BCUT2D eigenvalue weighted by Crippen LogP contribution is 2.46. The molecule has 0 unspecified atom stereocenters. The fourth-order valence-electron chi connectivity index (χ4n) is 3.68. The molecular weight excluding hydrogens is 396 g/mol. The maximum atomic E-state index is 12.5. The van der Waals surface area contributed by atoms with E-state index < -0.39 is 10.1 Å². The van der Waals surface area contributed by atoms with Crippen LogP contribution in [0, 0.1) is 6.92 Å². The molecule has 3 aromatic rings. The molecule has 0 amide bonds. The van der Waals surface area contributed by atoms with Gasteiger partial charge in [0.25, 0.3) is 0 Å². The Morgan fingerprint density at radius 2 is 1.67 bits per heavy atom. The summed E-state index contributed by atoms with van der Waals surface area (Å²) in [5, 5.41) is 0. The van der Waals surface area contributed by atoms with Crippen molar-refractivity contribution in [1.82, 2.24) is 0 Å². The van der Waals surface area contributed by atoms with Crippen molar-refractivity contribution in [1.29, 1.82) is 0 Å². The maximum Gasteiger partial charge on any atom is 0.339 e. The maximum absolute atomic E-state index is 12.5. The molecule has 30 heavy (non-hydrogen) atoms. The Hall–Kier alpha value is -3.05. The van der Waals surface area contributed by atoms with Crippen LogP contribution in [0.2, 0.25) is 0 Å². The number of fused-ring (bicyclic) bond motifs is 1. The van der Waals surface area contributed by atoms with Gasteiger partial charge in [-0.15, -0.1) is 0 Å². The van der Waals surface area contributed by atoms with Crippen molar-refractivity contribution in [2.24, 2.45) is 0 Å². The van der Waals surface area contributed by atoms with Crippen LogP contribution in [0.4, 0.5) is 0 Å². The lowest BCUT2D eigenvalue weighted by molar-refractivity contribution is 0.216. The molecule has 0 bridgehead atoms. The Morgan fingerprint density at radius 3 is 2.33 bits per heavy atom. The molecule has 0 aromatic heterocycles. The molecule has 154 valence electrons. The van der Waals surface area contributed by atoms with Gasteiger partial charge >= 0.3 is 10.1 Å². The summed E-state index contributed by atoms with van der Waals surface area (Å²) in [6.45, 7) is 6.04. The van der Waals surface area contributed by atoms with E-state index in [0.29, 0.717) is 0 Å². The molecule has 4 nitrogen and oxygen atoms in total. The summed E-state index contributed by atoms with van der Waals surface area (Å²) < 4.78 is 36.5. The minimum absolute atomic E-state index is 0.122. The summed E-state index contributed by atoms with van der Waals surface area (Å²) in [6.07, 6.45) is 3.97. The van der Waals surface area contributed by atoms with E-state index in [0.717, 1.165) is 22.4 Å². The summed E-state index contributed by atoms with van der Waals surface area (Å²) in [5.41, 5.74) is 4.30. The van der Waals surface area contributed by atoms with Crippen LogP contribution >= 0.6 is 0 Å². The van der Waals surface area contributed by atoms with Crippen molar-refractivity contribution in [3.05, 3.63) is 95.1 Å². The molecule has 0 radical (unpaired) electrons.